The Morgan fingerprint density at radius 1 is 1.41 bits per heavy atom. The van der Waals surface area contributed by atoms with Crippen LogP contribution in [0.4, 0.5) is 11.6 Å². The van der Waals surface area contributed by atoms with E-state index < -0.39 is 0 Å². The average molecular weight is 236 g/mol. The van der Waals surface area contributed by atoms with Gasteiger partial charge in [0.1, 0.15) is 6.33 Å². The second kappa shape index (κ2) is 5.21. The number of methoxy groups -OCH3 is 1. The monoisotopic (exact) mass is 236 g/mol. The smallest absolute Gasteiger partial charge is 0.204 e. The van der Waals surface area contributed by atoms with Gasteiger partial charge in [-0.3, -0.25) is 0 Å². The van der Waals surface area contributed by atoms with Crippen LogP contribution in [-0.2, 0) is 0 Å². The van der Waals surface area contributed by atoms with Crippen LogP contribution in [0.1, 0.15) is 26.7 Å². The van der Waals surface area contributed by atoms with Crippen molar-refractivity contribution in [2.75, 3.05) is 24.3 Å². The van der Waals surface area contributed by atoms with Gasteiger partial charge in [0.2, 0.25) is 5.75 Å². The summed E-state index contributed by atoms with van der Waals surface area (Å²) in [5.74, 6) is 2.99. The highest BCUT2D eigenvalue weighted by Crippen LogP contribution is 2.36. The molecule has 1 aliphatic rings. The molecule has 5 heteroatoms. The van der Waals surface area contributed by atoms with Crippen LogP contribution >= 0.6 is 0 Å². The van der Waals surface area contributed by atoms with Crippen LogP contribution in [0.25, 0.3) is 0 Å². The zero-order valence-electron chi connectivity index (χ0n) is 10.7. The molecular weight excluding hydrogens is 216 g/mol. The topological polar surface area (TPSA) is 59.1 Å². The van der Waals surface area contributed by atoms with Gasteiger partial charge in [0, 0.05) is 12.6 Å². The Labute approximate surface area is 102 Å². The summed E-state index contributed by atoms with van der Waals surface area (Å²) in [5, 5.41) is 6.58. The van der Waals surface area contributed by atoms with Gasteiger partial charge < -0.3 is 15.4 Å². The van der Waals surface area contributed by atoms with Crippen molar-refractivity contribution in [3.63, 3.8) is 0 Å². The zero-order chi connectivity index (χ0) is 12.3. The highest BCUT2D eigenvalue weighted by atomic mass is 16.5. The Morgan fingerprint density at radius 3 is 2.71 bits per heavy atom. The normalized spacial score (nSPS) is 16.4. The molecule has 0 radical (unpaired) electrons. The maximum absolute atomic E-state index is 5.38. The molecule has 94 valence electrons. The summed E-state index contributed by atoms with van der Waals surface area (Å²) >= 11 is 0. The van der Waals surface area contributed by atoms with Crippen molar-refractivity contribution >= 4 is 11.6 Å². The minimum atomic E-state index is 0.438. The minimum Gasteiger partial charge on any atom is -0.490 e. The van der Waals surface area contributed by atoms with E-state index in [9.17, 15) is 0 Å². The van der Waals surface area contributed by atoms with Gasteiger partial charge in [0.15, 0.2) is 11.6 Å². The van der Waals surface area contributed by atoms with E-state index in [1.807, 2.05) is 6.92 Å². The van der Waals surface area contributed by atoms with Crippen LogP contribution in [0, 0.1) is 5.92 Å². The van der Waals surface area contributed by atoms with E-state index in [1.54, 1.807) is 13.4 Å². The average Bonchev–Trinajstić information content (AvgIpc) is 3.13. The molecule has 1 fully saturated rings. The maximum atomic E-state index is 5.38. The fourth-order valence-electron chi connectivity index (χ4n) is 1.89. The Morgan fingerprint density at radius 2 is 2.12 bits per heavy atom. The Hall–Kier alpha value is -1.52. The van der Waals surface area contributed by atoms with E-state index >= 15 is 0 Å². The van der Waals surface area contributed by atoms with E-state index in [2.05, 4.69) is 27.5 Å². The fourth-order valence-corrected chi connectivity index (χ4v) is 1.89. The van der Waals surface area contributed by atoms with Gasteiger partial charge in [0.05, 0.1) is 7.11 Å². The molecule has 1 aliphatic carbocycles. The third-order valence-electron chi connectivity index (χ3n) is 3.05. The third-order valence-corrected chi connectivity index (χ3v) is 3.05. The first-order valence-electron chi connectivity index (χ1n) is 6.15. The first-order valence-corrected chi connectivity index (χ1v) is 6.15. The summed E-state index contributed by atoms with van der Waals surface area (Å²) in [7, 11) is 1.65. The van der Waals surface area contributed by atoms with Crippen molar-refractivity contribution in [3.05, 3.63) is 6.33 Å². The van der Waals surface area contributed by atoms with Crippen molar-refractivity contribution < 1.29 is 4.74 Å². The van der Waals surface area contributed by atoms with Crippen LogP contribution < -0.4 is 15.4 Å². The molecule has 0 aromatic carbocycles. The molecule has 2 N–H and O–H groups in total. The van der Waals surface area contributed by atoms with Gasteiger partial charge >= 0.3 is 0 Å². The highest BCUT2D eigenvalue weighted by molar-refractivity contribution is 5.63. The molecule has 2 rings (SSSR count). The molecule has 1 heterocycles. The lowest BCUT2D eigenvalue weighted by Gasteiger charge is -2.17. The minimum absolute atomic E-state index is 0.438. The molecule has 0 bridgehead atoms. The van der Waals surface area contributed by atoms with Crippen LogP contribution in [-0.4, -0.2) is 29.7 Å². The number of anilines is 2. The first-order chi connectivity index (χ1) is 8.26. The fraction of sp³-hybridized carbons (Fsp3) is 0.667. The summed E-state index contributed by atoms with van der Waals surface area (Å²) in [4.78, 5) is 8.44. The summed E-state index contributed by atoms with van der Waals surface area (Å²) in [6.45, 7) is 5.03. The van der Waals surface area contributed by atoms with E-state index in [4.69, 9.17) is 4.74 Å². The van der Waals surface area contributed by atoms with Crippen molar-refractivity contribution in [2.24, 2.45) is 5.92 Å². The van der Waals surface area contributed by atoms with Crippen molar-refractivity contribution in [3.8, 4) is 5.75 Å². The molecule has 1 unspecified atom stereocenters. The number of rotatable bonds is 6. The number of aromatic nitrogens is 2. The number of nitrogens with one attached hydrogen (secondary N) is 2. The van der Waals surface area contributed by atoms with E-state index in [-0.39, 0.29) is 0 Å². The van der Waals surface area contributed by atoms with E-state index in [0.717, 1.165) is 24.1 Å². The lowest BCUT2D eigenvalue weighted by molar-refractivity contribution is 0.414. The molecule has 1 saturated carbocycles. The van der Waals surface area contributed by atoms with Crippen LogP contribution in [0.5, 0.6) is 5.75 Å². The molecule has 0 aliphatic heterocycles. The van der Waals surface area contributed by atoms with Crippen LogP contribution in [0.15, 0.2) is 6.33 Å². The van der Waals surface area contributed by atoms with Crippen molar-refractivity contribution in [2.45, 2.75) is 32.7 Å². The Bertz CT molecular complexity index is 379. The summed E-state index contributed by atoms with van der Waals surface area (Å²) in [5.41, 5.74) is 0. The summed E-state index contributed by atoms with van der Waals surface area (Å²) in [6, 6.07) is 0.438. The molecular formula is C12H20N4O. The second-order valence-corrected chi connectivity index (χ2v) is 4.40. The van der Waals surface area contributed by atoms with Crippen LogP contribution in [0.2, 0.25) is 0 Å². The molecule has 1 atom stereocenters. The molecule has 1 aromatic rings. The number of nitrogens with zero attached hydrogens (tertiary/aromatic N) is 2. The number of hydrogen-bond donors (Lipinski definition) is 2. The van der Waals surface area contributed by atoms with Crippen molar-refractivity contribution in [1.82, 2.24) is 9.97 Å². The van der Waals surface area contributed by atoms with Gasteiger partial charge in [0.25, 0.3) is 0 Å². The van der Waals surface area contributed by atoms with Crippen LogP contribution in [0.3, 0.4) is 0 Å². The second-order valence-electron chi connectivity index (χ2n) is 4.40. The molecule has 5 nitrogen and oxygen atoms in total. The van der Waals surface area contributed by atoms with E-state index in [1.165, 1.54) is 12.8 Å². The predicted molar refractivity (Wildman–Crippen MR) is 68.6 cm³/mol. The number of ether oxygens (including phenoxy) is 1. The van der Waals surface area contributed by atoms with Crippen molar-refractivity contribution in [1.29, 1.82) is 0 Å². The quantitative estimate of drug-likeness (QED) is 0.792. The largest absolute Gasteiger partial charge is 0.490 e. The standard InChI is InChI=1S/C12H20N4O/c1-4-13-11-10(17-3)12(15-7-14-11)16-8(2)9-5-6-9/h7-9H,4-6H2,1-3H3,(H2,13,14,15,16). The SMILES string of the molecule is CCNc1ncnc(NC(C)C2CC2)c1OC. The third kappa shape index (κ3) is 2.78. The Kier molecular flexibility index (Phi) is 3.66. The first kappa shape index (κ1) is 12.0. The molecule has 17 heavy (non-hydrogen) atoms. The summed E-state index contributed by atoms with van der Waals surface area (Å²) < 4.78 is 5.38. The van der Waals surface area contributed by atoms with Gasteiger partial charge in [-0.25, -0.2) is 9.97 Å². The molecule has 1 aromatic heterocycles. The predicted octanol–water partition coefficient (Wildman–Crippen LogP) is 2.13. The molecule has 0 amide bonds. The summed E-state index contributed by atoms with van der Waals surface area (Å²) in [6.07, 6.45) is 4.17. The number of hydrogen-bond acceptors (Lipinski definition) is 5. The van der Waals surface area contributed by atoms with Gasteiger partial charge in [-0.1, -0.05) is 0 Å². The molecule has 0 saturated heterocycles. The lowest BCUT2D eigenvalue weighted by atomic mass is 10.2. The lowest BCUT2D eigenvalue weighted by Crippen LogP contribution is -2.19. The Balaban J connectivity index is 2.16. The zero-order valence-corrected chi connectivity index (χ0v) is 10.7. The van der Waals surface area contributed by atoms with Gasteiger partial charge in [-0.05, 0) is 32.6 Å². The van der Waals surface area contributed by atoms with Gasteiger partial charge in [-0.2, -0.15) is 0 Å². The maximum Gasteiger partial charge on any atom is 0.204 e. The molecule has 0 spiro atoms. The highest BCUT2D eigenvalue weighted by Gasteiger charge is 2.29. The van der Waals surface area contributed by atoms with Gasteiger partial charge in [-0.15, -0.1) is 0 Å². The van der Waals surface area contributed by atoms with E-state index in [0.29, 0.717) is 11.8 Å².